The van der Waals surface area contributed by atoms with Crippen LogP contribution in [-0.4, -0.2) is 17.2 Å². The lowest BCUT2D eigenvalue weighted by Crippen LogP contribution is -2.74. The van der Waals surface area contributed by atoms with Gasteiger partial charge in [-0.2, -0.15) is 0 Å². The third kappa shape index (κ3) is 3.47. The fourth-order valence-corrected chi connectivity index (χ4v) is 5.35. The number of ketones is 1. The molecule has 0 saturated heterocycles. The number of carbonyl (C=O) groups is 2. The number of hydrogen-bond donors (Lipinski definition) is 1. The number of carbonyl (C=O) groups excluding carboxylic acids is 2. The van der Waals surface area contributed by atoms with Gasteiger partial charge in [-0.25, -0.2) is 4.39 Å². The van der Waals surface area contributed by atoms with Crippen molar-refractivity contribution in [2.24, 2.45) is 10.8 Å². The fourth-order valence-electron chi connectivity index (χ4n) is 5.05. The number of rotatable bonds is 6. The second kappa shape index (κ2) is 6.82. The van der Waals surface area contributed by atoms with Gasteiger partial charge >= 0.3 is 0 Å². The van der Waals surface area contributed by atoms with E-state index in [0.29, 0.717) is 27.6 Å². The van der Waals surface area contributed by atoms with Gasteiger partial charge in [-0.15, -0.1) is 0 Å². The van der Waals surface area contributed by atoms with Crippen LogP contribution in [0.4, 0.5) is 4.39 Å². The molecule has 6 heteroatoms. The van der Waals surface area contributed by atoms with Crippen LogP contribution in [0.2, 0.25) is 10.0 Å². The van der Waals surface area contributed by atoms with Crippen LogP contribution < -0.4 is 5.32 Å². The highest BCUT2D eigenvalue weighted by molar-refractivity contribution is 6.42. The SMILES string of the molecule is CC(C)(NC(=O)c1ccc(F)cc1)C12CC(CC(=O)c3ccc(Cl)c(Cl)c3)(C1)C2. The Kier molecular flexibility index (Phi) is 4.79. The van der Waals surface area contributed by atoms with E-state index in [9.17, 15) is 14.0 Å². The highest BCUT2D eigenvalue weighted by atomic mass is 35.5. The van der Waals surface area contributed by atoms with Crippen molar-refractivity contribution in [3.63, 3.8) is 0 Å². The summed E-state index contributed by atoms with van der Waals surface area (Å²) < 4.78 is 13.1. The zero-order valence-electron chi connectivity index (χ0n) is 16.3. The third-order valence-corrected chi connectivity index (χ3v) is 7.51. The molecule has 0 aliphatic heterocycles. The van der Waals surface area contributed by atoms with E-state index in [2.05, 4.69) is 5.32 Å². The Morgan fingerprint density at radius 3 is 2.17 bits per heavy atom. The average molecular weight is 434 g/mol. The van der Waals surface area contributed by atoms with Crippen LogP contribution in [0.3, 0.4) is 0 Å². The quantitative estimate of drug-likeness (QED) is 0.560. The Labute approximate surface area is 179 Å². The van der Waals surface area contributed by atoms with E-state index in [1.165, 1.54) is 24.3 Å². The molecule has 1 N–H and O–H groups in total. The largest absolute Gasteiger partial charge is 0.347 e. The molecule has 0 radical (unpaired) electrons. The van der Waals surface area contributed by atoms with Crippen LogP contribution in [0.15, 0.2) is 42.5 Å². The molecule has 0 atom stereocenters. The Morgan fingerprint density at radius 1 is 1.00 bits per heavy atom. The van der Waals surface area contributed by atoms with Crippen LogP contribution in [0.5, 0.6) is 0 Å². The molecule has 29 heavy (non-hydrogen) atoms. The van der Waals surface area contributed by atoms with Crippen LogP contribution >= 0.6 is 23.2 Å². The molecule has 3 saturated carbocycles. The van der Waals surface area contributed by atoms with Crippen molar-refractivity contribution in [3.8, 4) is 0 Å². The van der Waals surface area contributed by atoms with Crippen LogP contribution in [0.1, 0.15) is 60.2 Å². The van der Waals surface area contributed by atoms with Gasteiger partial charge in [0.1, 0.15) is 5.82 Å². The number of Topliss-reactive ketones (excluding diaryl/α,β-unsaturated/α-hetero) is 1. The number of halogens is 3. The fraction of sp³-hybridized carbons (Fsp3) is 0.391. The van der Waals surface area contributed by atoms with Gasteiger partial charge in [-0.1, -0.05) is 23.2 Å². The van der Waals surface area contributed by atoms with E-state index < -0.39 is 5.54 Å². The van der Waals surface area contributed by atoms with Gasteiger partial charge in [0.05, 0.1) is 10.0 Å². The molecule has 0 heterocycles. The van der Waals surface area contributed by atoms with Crippen molar-refractivity contribution in [1.29, 1.82) is 0 Å². The molecule has 2 aromatic rings. The summed E-state index contributed by atoms with van der Waals surface area (Å²) >= 11 is 12.0. The van der Waals surface area contributed by atoms with Crippen molar-refractivity contribution in [1.82, 2.24) is 5.32 Å². The van der Waals surface area contributed by atoms with Crippen LogP contribution in [0.25, 0.3) is 0 Å². The summed E-state index contributed by atoms with van der Waals surface area (Å²) in [4.78, 5) is 25.3. The molecule has 3 nitrogen and oxygen atoms in total. The van der Waals surface area contributed by atoms with E-state index in [4.69, 9.17) is 23.2 Å². The van der Waals surface area contributed by atoms with Gasteiger partial charge in [-0.05, 0) is 86.4 Å². The van der Waals surface area contributed by atoms with E-state index in [0.717, 1.165) is 19.3 Å². The normalized spacial score (nSPS) is 25.0. The lowest BCUT2D eigenvalue weighted by Gasteiger charge is -2.76. The minimum atomic E-state index is -0.410. The number of amides is 1. The molecule has 152 valence electrons. The first kappa shape index (κ1) is 20.4. The summed E-state index contributed by atoms with van der Waals surface area (Å²) in [6, 6.07) is 10.5. The first-order chi connectivity index (χ1) is 13.5. The summed E-state index contributed by atoms with van der Waals surface area (Å²) in [5, 5.41) is 3.93. The second-order valence-electron chi connectivity index (χ2n) is 9.13. The summed E-state index contributed by atoms with van der Waals surface area (Å²) in [6.07, 6.45) is 3.20. The Hall–Kier alpha value is -1.91. The lowest BCUT2D eigenvalue weighted by atomic mass is 9.30. The van der Waals surface area contributed by atoms with Gasteiger partial charge in [0.2, 0.25) is 0 Å². The smallest absolute Gasteiger partial charge is 0.251 e. The van der Waals surface area contributed by atoms with Gasteiger partial charge in [0.15, 0.2) is 5.78 Å². The van der Waals surface area contributed by atoms with Crippen LogP contribution in [-0.2, 0) is 0 Å². The molecular weight excluding hydrogens is 412 g/mol. The van der Waals surface area contributed by atoms with E-state index in [-0.39, 0.29) is 28.3 Å². The maximum atomic E-state index is 13.1. The molecule has 2 bridgehead atoms. The molecule has 3 fully saturated rings. The predicted octanol–water partition coefficient (Wildman–Crippen LogP) is 6.08. The Balaban J connectivity index is 1.38. The van der Waals surface area contributed by atoms with Gasteiger partial charge in [0.25, 0.3) is 5.91 Å². The molecule has 2 aromatic carbocycles. The van der Waals surface area contributed by atoms with Crippen molar-refractivity contribution in [2.75, 3.05) is 0 Å². The molecule has 5 rings (SSSR count). The predicted molar refractivity (Wildman–Crippen MR) is 112 cm³/mol. The lowest BCUT2D eigenvalue weighted by molar-refractivity contribution is -0.238. The Bertz CT molecular complexity index is 981. The molecule has 0 aromatic heterocycles. The minimum Gasteiger partial charge on any atom is -0.347 e. The number of nitrogens with one attached hydrogen (secondary N) is 1. The molecular formula is C23H22Cl2FNO2. The number of benzene rings is 2. The van der Waals surface area contributed by atoms with Crippen molar-refractivity contribution in [2.45, 2.75) is 45.1 Å². The van der Waals surface area contributed by atoms with E-state index >= 15 is 0 Å². The Morgan fingerprint density at radius 2 is 1.59 bits per heavy atom. The third-order valence-electron chi connectivity index (χ3n) is 6.78. The molecule has 1 amide bonds. The number of hydrogen-bond acceptors (Lipinski definition) is 2. The zero-order valence-corrected chi connectivity index (χ0v) is 17.8. The van der Waals surface area contributed by atoms with Crippen molar-refractivity contribution >= 4 is 34.9 Å². The summed E-state index contributed by atoms with van der Waals surface area (Å²) in [7, 11) is 0. The first-order valence-corrected chi connectivity index (χ1v) is 10.4. The molecule has 3 aliphatic rings. The van der Waals surface area contributed by atoms with Gasteiger partial charge in [-0.3, -0.25) is 9.59 Å². The molecule has 3 aliphatic carbocycles. The summed E-state index contributed by atoms with van der Waals surface area (Å²) in [6.45, 7) is 4.05. The van der Waals surface area contributed by atoms with Gasteiger partial charge < -0.3 is 5.32 Å². The summed E-state index contributed by atoms with van der Waals surface area (Å²) in [5.41, 5.74) is 0.631. The highest BCUT2D eigenvalue weighted by Crippen LogP contribution is 2.78. The maximum absolute atomic E-state index is 13.1. The molecule has 0 unspecified atom stereocenters. The highest BCUT2D eigenvalue weighted by Gasteiger charge is 2.73. The summed E-state index contributed by atoms with van der Waals surface area (Å²) in [5.74, 6) is -0.500. The zero-order chi connectivity index (χ0) is 21.0. The maximum Gasteiger partial charge on any atom is 0.251 e. The monoisotopic (exact) mass is 433 g/mol. The van der Waals surface area contributed by atoms with Crippen molar-refractivity contribution < 1.29 is 14.0 Å². The van der Waals surface area contributed by atoms with E-state index in [1.54, 1.807) is 18.2 Å². The first-order valence-electron chi connectivity index (χ1n) is 9.61. The minimum absolute atomic E-state index is 0.000607. The van der Waals surface area contributed by atoms with E-state index in [1.807, 2.05) is 13.8 Å². The topological polar surface area (TPSA) is 46.2 Å². The average Bonchev–Trinajstić information content (AvgIpc) is 2.58. The van der Waals surface area contributed by atoms with Crippen molar-refractivity contribution in [3.05, 3.63) is 69.5 Å². The van der Waals surface area contributed by atoms with Gasteiger partial charge in [0, 0.05) is 23.1 Å². The van der Waals surface area contributed by atoms with Crippen LogP contribution in [0, 0.1) is 16.6 Å². The second-order valence-corrected chi connectivity index (χ2v) is 9.94. The standard InChI is InChI=1S/C23H22Cl2FNO2/c1-21(2,27-20(29)14-3-6-16(26)7-4-14)23-11-22(12-23,13-23)10-19(28)15-5-8-17(24)18(25)9-15/h3-9H,10-13H2,1-2H3,(H,27,29). The molecule has 0 spiro atoms.